The highest BCUT2D eigenvalue weighted by molar-refractivity contribution is 6.24. The number of nitrogens with one attached hydrogen (secondary N) is 2. The van der Waals surface area contributed by atoms with E-state index >= 15 is 0 Å². The Morgan fingerprint density at radius 1 is 1.23 bits per heavy atom. The molecule has 2 amide bonds. The lowest BCUT2D eigenvalue weighted by Crippen LogP contribution is -2.64. The zero-order valence-corrected chi connectivity index (χ0v) is 13.3. The third-order valence-corrected chi connectivity index (χ3v) is 3.66. The van der Waals surface area contributed by atoms with Crippen molar-refractivity contribution in [3.8, 4) is 0 Å². The fourth-order valence-electron chi connectivity index (χ4n) is 2.14. The number of amides is 2. The highest BCUT2D eigenvalue weighted by atomic mass is 16.4. The fraction of sp³-hybridized carbons (Fsp3) is 0.462. The minimum atomic E-state index is -3.17. The Balaban J connectivity index is 3.26. The van der Waals surface area contributed by atoms with Crippen LogP contribution in [0.1, 0.15) is 6.42 Å². The van der Waals surface area contributed by atoms with Gasteiger partial charge in [0.25, 0.3) is 5.91 Å². The Hall–Kier alpha value is -3.03. The second-order valence-corrected chi connectivity index (χ2v) is 5.42. The van der Waals surface area contributed by atoms with Crippen LogP contribution in [-0.4, -0.2) is 80.7 Å². The molecule has 0 radical (unpaired) electrons. The van der Waals surface area contributed by atoms with Crippen LogP contribution in [0.5, 0.6) is 0 Å². The fourth-order valence-corrected chi connectivity index (χ4v) is 2.14. The number of aliphatic hydroxyl groups excluding tert-OH is 2. The van der Waals surface area contributed by atoms with Crippen molar-refractivity contribution in [2.24, 2.45) is 11.5 Å². The normalized spacial score (nSPS) is 18.3. The molecule has 2 unspecified atom stereocenters. The lowest BCUT2D eigenvalue weighted by atomic mass is 9.89. The van der Waals surface area contributed by atoms with Crippen LogP contribution in [0.2, 0.25) is 0 Å². The minimum Gasteiger partial charge on any atom is -0.509 e. The van der Waals surface area contributed by atoms with Gasteiger partial charge in [0, 0.05) is 6.54 Å². The van der Waals surface area contributed by atoms with Crippen LogP contribution in [0.25, 0.3) is 0 Å². The summed E-state index contributed by atoms with van der Waals surface area (Å²) in [7, 11) is 0. The molecule has 0 aromatic carbocycles. The summed E-state index contributed by atoms with van der Waals surface area (Å²) in [6.07, 6.45) is -1.40. The summed E-state index contributed by atoms with van der Waals surface area (Å²) < 4.78 is 0. The van der Waals surface area contributed by atoms with E-state index in [0.717, 1.165) is 0 Å². The summed E-state index contributed by atoms with van der Waals surface area (Å²) in [4.78, 5) is 58.8. The van der Waals surface area contributed by atoms with Crippen LogP contribution in [0, 0.1) is 0 Å². The second kappa shape index (κ2) is 7.90. The maximum absolute atomic E-state index is 12.3. The number of carboxylic acids is 2. The number of ketones is 1. The summed E-state index contributed by atoms with van der Waals surface area (Å²) in [5.41, 5.74) is 6.46. The van der Waals surface area contributed by atoms with Crippen molar-refractivity contribution in [1.82, 2.24) is 10.6 Å². The van der Waals surface area contributed by atoms with Crippen LogP contribution in [0.3, 0.4) is 0 Å². The van der Waals surface area contributed by atoms with Crippen molar-refractivity contribution in [3.63, 3.8) is 0 Å². The van der Waals surface area contributed by atoms with E-state index in [1.165, 1.54) is 0 Å². The van der Waals surface area contributed by atoms with Gasteiger partial charge >= 0.3 is 11.9 Å². The summed E-state index contributed by atoms with van der Waals surface area (Å²) in [6, 6.07) is -2.73. The first-order valence-electron chi connectivity index (χ1n) is 7.14. The molecule has 13 nitrogen and oxygen atoms in total. The number of carboxylic acid groups (broad SMARTS) is 2. The summed E-state index contributed by atoms with van der Waals surface area (Å²) >= 11 is 0. The predicted molar refractivity (Wildman–Crippen MR) is 81.5 cm³/mol. The van der Waals surface area contributed by atoms with Crippen molar-refractivity contribution < 1.29 is 44.4 Å². The zero-order chi connectivity index (χ0) is 20.2. The van der Waals surface area contributed by atoms with Crippen LogP contribution in [-0.2, 0) is 24.0 Å². The van der Waals surface area contributed by atoms with Gasteiger partial charge in [-0.2, -0.15) is 0 Å². The number of rotatable bonds is 9. The molecule has 0 aromatic heterocycles. The lowest BCUT2D eigenvalue weighted by Gasteiger charge is -2.26. The van der Waals surface area contributed by atoms with E-state index in [1.54, 1.807) is 5.32 Å². The third-order valence-electron chi connectivity index (χ3n) is 3.66. The first-order valence-corrected chi connectivity index (χ1v) is 7.14. The third kappa shape index (κ3) is 3.79. The highest BCUT2D eigenvalue weighted by Gasteiger charge is 2.52. The SMILES string of the molecule is NCC1NC(=O)C(C(=O)CC(NC(=O)C(N)CO)(C(=O)O)C(=O)O)=C1O. The Morgan fingerprint density at radius 2 is 1.77 bits per heavy atom. The van der Waals surface area contributed by atoms with Gasteiger partial charge in [0.2, 0.25) is 11.4 Å². The molecule has 26 heavy (non-hydrogen) atoms. The molecule has 1 rings (SSSR count). The Labute approximate surface area is 145 Å². The predicted octanol–water partition coefficient (Wildman–Crippen LogP) is -4.44. The second-order valence-electron chi connectivity index (χ2n) is 5.42. The number of nitrogens with two attached hydrogens (primary N) is 2. The van der Waals surface area contributed by atoms with Crippen molar-refractivity contribution in [2.45, 2.75) is 24.0 Å². The van der Waals surface area contributed by atoms with E-state index in [4.69, 9.17) is 16.6 Å². The largest absolute Gasteiger partial charge is 0.509 e. The number of carbonyl (C=O) groups is 5. The number of hydrogen-bond acceptors (Lipinski definition) is 9. The van der Waals surface area contributed by atoms with Gasteiger partial charge < -0.3 is 42.5 Å². The zero-order valence-electron chi connectivity index (χ0n) is 13.3. The number of hydrogen-bond donors (Lipinski definition) is 8. The van der Waals surface area contributed by atoms with Gasteiger partial charge in [0.15, 0.2) is 5.78 Å². The Kier molecular flexibility index (Phi) is 6.39. The monoisotopic (exact) mass is 374 g/mol. The van der Waals surface area contributed by atoms with Crippen molar-refractivity contribution in [2.75, 3.05) is 13.2 Å². The minimum absolute atomic E-state index is 0.264. The highest BCUT2D eigenvalue weighted by Crippen LogP contribution is 2.22. The molecular weight excluding hydrogens is 356 g/mol. The van der Waals surface area contributed by atoms with Gasteiger partial charge in [-0.3, -0.25) is 14.4 Å². The standard InChI is InChI=1S/C13H18N4O9/c14-2-5-8(20)7(10(22)16-5)6(19)1-13(11(23)24,12(25)26)17-9(21)4(15)3-18/h4-5,18,20H,1-3,14-15H2,(H,16,22)(H,17,21)(H,23,24)(H,25,26). The molecule has 2 atom stereocenters. The van der Waals surface area contributed by atoms with Gasteiger partial charge in [0.1, 0.15) is 17.4 Å². The first-order chi connectivity index (χ1) is 12.0. The van der Waals surface area contributed by atoms with Crippen LogP contribution in [0.15, 0.2) is 11.3 Å². The average molecular weight is 374 g/mol. The Morgan fingerprint density at radius 3 is 2.15 bits per heavy atom. The van der Waals surface area contributed by atoms with Gasteiger partial charge in [-0.25, -0.2) is 9.59 Å². The lowest BCUT2D eigenvalue weighted by molar-refractivity contribution is -0.163. The summed E-state index contributed by atoms with van der Waals surface area (Å²) in [5, 5.41) is 40.9. The van der Waals surface area contributed by atoms with E-state index in [1.807, 2.05) is 0 Å². The number of aliphatic hydroxyl groups is 2. The molecule has 10 N–H and O–H groups in total. The van der Waals surface area contributed by atoms with E-state index in [0.29, 0.717) is 0 Å². The number of Topliss-reactive ketones (excluding diaryl/α,β-unsaturated/α-hetero) is 1. The quantitative estimate of drug-likeness (QED) is 0.141. The molecule has 0 spiro atoms. The van der Waals surface area contributed by atoms with Crippen molar-refractivity contribution >= 4 is 29.5 Å². The molecule has 0 bridgehead atoms. The molecule has 144 valence electrons. The maximum Gasteiger partial charge on any atom is 0.341 e. The molecular formula is C13H18N4O9. The van der Waals surface area contributed by atoms with E-state index in [-0.39, 0.29) is 6.54 Å². The van der Waals surface area contributed by atoms with E-state index in [2.05, 4.69) is 5.32 Å². The smallest absolute Gasteiger partial charge is 0.341 e. The van der Waals surface area contributed by atoms with Gasteiger partial charge in [-0.05, 0) is 0 Å². The van der Waals surface area contributed by atoms with Crippen molar-refractivity contribution in [1.29, 1.82) is 0 Å². The van der Waals surface area contributed by atoms with E-state index in [9.17, 15) is 39.3 Å². The van der Waals surface area contributed by atoms with Crippen LogP contribution >= 0.6 is 0 Å². The summed E-state index contributed by atoms with van der Waals surface area (Å²) in [6.45, 7) is -1.18. The number of aliphatic carboxylic acids is 2. The molecule has 1 aliphatic rings. The van der Waals surface area contributed by atoms with Crippen LogP contribution in [0.4, 0.5) is 0 Å². The molecule has 0 aliphatic carbocycles. The van der Waals surface area contributed by atoms with Gasteiger partial charge in [-0.15, -0.1) is 0 Å². The van der Waals surface area contributed by atoms with Crippen LogP contribution < -0.4 is 22.1 Å². The summed E-state index contributed by atoms with van der Waals surface area (Å²) in [5.74, 6) is -8.76. The van der Waals surface area contributed by atoms with Crippen molar-refractivity contribution in [3.05, 3.63) is 11.3 Å². The molecule has 1 heterocycles. The number of carbonyl (C=O) groups excluding carboxylic acids is 3. The molecule has 0 saturated heterocycles. The van der Waals surface area contributed by atoms with Gasteiger partial charge in [-0.1, -0.05) is 0 Å². The Bertz CT molecular complexity index is 673. The van der Waals surface area contributed by atoms with Gasteiger partial charge in [0.05, 0.1) is 19.1 Å². The first kappa shape index (κ1) is 21.0. The topological polar surface area (TPSA) is 242 Å². The molecule has 13 heteroatoms. The molecule has 0 fully saturated rings. The molecule has 1 aliphatic heterocycles. The molecule has 0 aromatic rings. The average Bonchev–Trinajstić information content (AvgIpc) is 2.86. The molecule has 0 saturated carbocycles. The maximum atomic E-state index is 12.3. The van der Waals surface area contributed by atoms with E-state index < -0.39 is 71.5 Å².